The maximum Gasteiger partial charge on any atom is 0.261 e. The summed E-state index contributed by atoms with van der Waals surface area (Å²) >= 11 is 7.28. The molecule has 2 aromatic heterocycles. The van der Waals surface area contributed by atoms with Gasteiger partial charge in [-0.15, -0.1) is 11.3 Å². The van der Waals surface area contributed by atoms with Crippen LogP contribution in [-0.4, -0.2) is 41.9 Å². The first-order chi connectivity index (χ1) is 15.1. The van der Waals surface area contributed by atoms with Crippen molar-refractivity contribution in [2.24, 2.45) is 11.3 Å². The topological polar surface area (TPSA) is 71.5 Å². The summed E-state index contributed by atoms with van der Waals surface area (Å²) in [5.74, 6) is 1.04. The molecule has 1 aliphatic rings. The molecule has 1 unspecified atom stereocenters. The van der Waals surface area contributed by atoms with Gasteiger partial charge in [0.15, 0.2) is 0 Å². The molecular weight excluding hydrogens is 446 g/mol. The molecule has 32 heavy (non-hydrogen) atoms. The maximum absolute atomic E-state index is 12.8. The van der Waals surface area contributed by atoms with Crippen LogP contribution in [0.25, 0.3) is 0 Å². The second-order valence-electron chi connectivity index (χ2n) is 9.56. The van der Waals surface area contributed by atoms with Crippen LogP contribution in [0.2, 0.25) is 4.34 Å². The SMILES string of the molecule is COc1ccc(C(CC2CCN(C(=O)CC(C)(C)C)CC2)NC(=O)c2ccc(Cl)s2)cn1. The number of thiophene rings is 1. The van der Waals surface area contributed by atoms with Crippen molar-refractivity contribution in [2.75, 3.05) is 20.2 Å². The van der Waals surface area contributed by atoms with E-state index in [2.05, 4.69) is 31.1 Å². The molecule has 3 rings (SSSR count). The Morgan fingerprint density at radius 1 is 1.25 bits per heavy atom. The molecule has 174 valence electrons. The first-order valence-electron chi connectivity index (χ1n) is 11.0. The van der Waals surface area contributed by atoms with Gasteiger partial charge in [0, 0.05) is 31.8 Å². The third-order valence-electron chi connectivity index (χ3n) is 5.69. The first-order valence-corrected chi connectivity index (χ1v) is 12.2. The van der Waals surface area contributed by atoms with Crippen LogP contribution in [0.5, 0.6) is 5.88 Å². The minimum atomic E-state index is -0.177. The predicted molar refractivity (Wildman–Crippen MR) is 128 cm³/mol. The van der Waals surface area contributed by atoms with Crippen molar-refractivity contribution in [1.29, 1.82) is 0 Å². The van der Waals surface area contributed by atoms with E-state index in [0.29, 0.717) is 27.4 Å². The number of hydrogen-bond acceptors (Lipinski definition) is 5. The van der Waals surface area contributed by atoms with Gasteiger partial charge in [0.1, 0.15) is 0 Å². The molecule has 0 aromatic carbocycles. The summed E-state index contributed by atoms with van der Waals surface area (Å²) in [5.41, 5.74) is 0.933. The summed E-state index contributed by atoms with van der Waals surface area (Å²) in [6.45, 7) is 7.81. The summed E-state index contributed by atoms with van der Waals surface area (Å²) in [4.78, 5) is 32.3. The van der Waals surface area contributed by atoms with Crippen LogP contribution in [0.4, 0.5) is 0 Å². The molecule has 1 fully saturated rings. The van der Waals surface area contributed by atoms with Crippen molar-refractivity contribution in [3.05, 3.63) is 45.2 Å². The highest BCUT2D eigenvalue weighted by molar-refractivity contribution is 7.18. The Morgan fingerprint density at radius 3 is 2.50 bits per heavy atom. The molecular formula is C24H32ClN3O3S. The number of aromatic nitrogens is 1. The Bertz CT molecular complexity index is 915. The van der Waals surface area contributed by atoms with Crippen molar-refractivity contribution >= 4 is 34.8 Å². The van der Waals surface area contributed by atoms with E-state index >= 15 is 0 Å². The molecule has 8 heteroatoms. The van der Waals surface area contributed by atoms with Gasteiger partial charge in [0.25, 0.3) is 5.91 Å². The van der Waals surface area contributed by atoms with Gasteiger partial charge in [-0.25, -0.2) is 4.98 Å². The lowest BCUT2D eigenvalue weighted by Gasteiger charge is -2.35. The fourth-order valence-electron chi connectivity index (χ4n) is 3.98. The van der Waals surface area contributed by atoms with E-state index in [4.69, 9.17) is 16.3 Å². The van der Waals surface area contributed by atoms with Gasteiger partial charge in [-0.3, -0.25) is 9.59 Å². The highest BCUT2D eigenvalue weighted by Gasteiger charge is 2.28. The average Bonchev–Trinajstić information content (AvgIpc) is 3.19. The number of likely N-dealkylation sites (tertiary alicyclic amines) is 1. The minimum absolute atomic E-state index is 0.00460. The summed E-state index contributed by atoms with van der Waals surface area (Å²) < 4.78 is 5.76. The molecule has 0 radical (unpaired) electrons. The number of carbonyl (C=O) groups excluding carboxylic acids is 2. The number of nitrogens with one attached hydrogen (secondary N) is 1. The average molecular weight is 478 g/mol. The van der Waals surface area contributed by atoms with Crippen molar-refractivity contribution in [3.63, 3.8) is 0 Å². The van der Waals surface area contributed by atoms with Crippen molar-refractivity contribution in [1.82, 2.24) is 15.2 Å². The highest BCUT2D eigenvalue weighted by atomic mass is 35.5. The Labute approximate surface area is 199 Å². The second-order valence-corrected chi connectivity index (χ2v) is 11.3. The number of nitrogens with zero attached hydrogens (tertiary/aromatic N) is 2. The van der Waals surface area contributed by atoms with Crippen molar-refractivity contribution in [2.45, 2.75) is 52.5 Å². The lowest BCUT2D eigenvalue weighted by atomic mass is 9.87. The zero-order valence-electron chi connectivity index (χ0n) is 19.2. The quantitative estimate of drug-likeness (QED) is 0.584. The Balaban J connectivity index is 1.66. The number of ether oxygens (including phenoxy) is 1. The lowest BCUT2D eigenvalue weighted by Crippen LogP contribution is -2.40. The zero-order valence-corrected chi connectivity index (χ0v) is 20.8. The monoisotopic (exact) mass is 477 g/mol. The number of hydrogen-bond donors (Lipinski definition) is 1. The molecule has 1 N–H and O–H groups in total. The molecule has 2 amide bonds. The minimum Gasteiger partial charge on any atom is -0.481 e. The van der Waals surface area contributed by atoms with E-state index in [1.165, 1.54) is 11.3 Å². The Hall–Kier alpha value is -2.12. The predicted octanol–water partition coefficient (Wildman–Crippen LogP) is 5.34. The van der Waals surface area contributed by atoms with Crippen LogP contribution in [-0.2, 0) is 4.79 Å². The normalized spacial score (nSPS) is 16.0. The van der Waals surface area contributed by atoms with Crippen LogP contribution in [0, 0.1) is 11.3 Å². The third kappa shape index (κ3) is 6.94. The van der Waals surface area contributed by atoms with E-state index in [1.54, 1.807) is 25.4 Å². The number of methoxy groups -OCH3 is 1. The number of amides is 2. The zero-order chi connectivity index (χ0) is 23.3. The number of piperidine rings is 1. The van der Waals surface area contributed by atoms with E-state index in [9.17, 15) is 9.59 Å². The van der Waals surface area contributed by atoms with Crippen molar-refractivity contribution in [3.8, 4) is 5.88 Å². The second kappa shape index (κ2) is 10.7. The largest absolute Gasteiger partial charge is 0.481 e. The molecule has 6 nitrogen and oxygen atoms in total. The summed E-state index contributed by atoms with van der Waals surface area (Å²) in [6.07, 6.45) is 4.97. The first kappa shape index (κ1) is 24.5. The molecule has 0 spiro atoms. The van der Waals surface area contributed by atoms with Gasteiger partial charge in [-0.05, 0) is 48.3 Å². The van der Waals surface area contributed by atoms with E-state index in [1.807, 2.05) is 17.0 Å². The maximum atomic E-state index is 12.8. The molecule has 1 atom stereocenters. The third-order valence-corrected chi connectivity index (χ3v) is 6.92. The fourth-order valence-corrected chi connectivity index (χ4v) is 4.93. The standard InChI is InChI=1S/C24H32ClN3O3S/c1-24(2,3)14-22(29)28-11-9-16(10-12-28)13-18(17-5-8-21(31-4)26-15-17)27-23(30)19-6-7-20(25)32-19/h5-8,15-16,18H,9-14H2,1-4H3,(H,27,30). The summed E-state index contributed by atoms with van der Waals surface area (Å²) in [5, 5.41) is 3.16. The van der Waals surface area contributed by atoms with Crippen LogP contribution in [0.15, 0.2) is 30.5 Å². The molecule has 1 aliphatic heterocycles. The van der Waals surface area contributed by atoms with E-state index in [0.717, 1.165) is 37.9 Å². The van der Waals surface area contributed by atoms with Gasteiger partial charge < -0.3 is 15.0 Å². The molecule has 2 aromatic rings. The Morgan fingerprint density at radius 2 is 1.97 bits per heavy atom. The smallest absolute Gasteiger partial charge is 0.261 e. The van der Waals surface area contributed by atoms with Gasteiger partial charge in [-0.2, -0.15) is 0 Å². The van der Waals surface area contributed by atoms with Crippen molar-refractivity contribution < 1.29 is 14.3 Å². The van der Waals surface area contributed by atoms with Gasteiger partial charge in [0.2, 0.25) is 11.8 Å². The van der Waals surface area contributed by atoms with E-state index in [-0.39, 0.29) is 23.3 Å². The molecule has 0 saturated carbocycles. The molecule has 0 aliphatic carbocycles. The number of rotatable bonds is 7. The number of carbonyl (C=O) groups is 2. The van der Waals surface area contributed by atoms with Crippen LogP contribution in [0.3, 0.4) is 0 Å². The van der Waals surface area contributed by atoms with E-state index < -0.39 is 0 Å². The van der Waals surface area contributed by atoms with Crippen LogP contribution in [0.1, 0.15) is 67.7 Å². The van der Waals surface area contributed by atoms with Gasteiger partial charge in [0.05, 0.1) is 22.4 Å². The summed E-state index contributed by atoms with van der Waals surface area (Å²) in [6, 6.07) is 7.05. The summed E-state index contributed by atoms with van der Waals surface area (Å²) in [7, 11) is 1.58. The van der Waals surface area contributed by atoms with Gasteiger partial charge >= 0.3 is 0 Å². The van der Waals surface area contributed by atoms with Crippen LogP contribution >= 0.6 is 22.9 Å². The molecule has 0 bridgehead atoms. The molecule has 1 saturated heterocycles. The highest BCUT2D eigenvalue weighted by Crippen LogP contribution is 2.31. The number of halogens is 1. The van der Waals surface area contributed by atoms with Gasteiger partial charge in [-0.1, -0.05) is 38.4 Å². The lowest BCUT2D eigenvalue weighted by molar-refractivity contribution is -0.134. The number of pyridine rings is 1. The Kier molecular flexibility index (Phi) is 8.17. The van der Waals surface area contributed by atoms with Crippen LogP contribution < -0.4 is 10.1 Å². The fraction of sp³-hybridized carbons (Fsp3) is 0.542. The molecule has 3 heterocycles.